The molecule has 2 rings (SSSR count). The minimum atomic E-state index is -4.94. The Bertz CT molecular complexity index is 492. The van der Waals surface area contributed by atoms with Crippen molar-refractivity contribution in [2.24, 2.45) is 0 Å². The lowest BCUT2D eigenvalue weighted by molar-refractivity contribution is -2.00. The number of nitrogens with zero attached hydrogens (tertiary/aromatic N) is 1. The average Bonchev–Trinajstić information content (AvgIpc) is 2.28. The van der Waals surface area contributed by atoms with Crippen molar-refractivity contribution in [1.82, 2.24) is 0 Å². The van der Waals surface area contributed by atoms with Gasteiger partial charge in [0.1, 0.15) is 0 Å². The summed E-state index contributed by atoms with van der Waals surface area (Å²) in [5.41, 5.74) is 1.30. The summed E-state index contributed by atoms with van der Waals surface area (Å²) in [7, 11) is -4.94. The number of halogens is 1. The molecule has 0 fully saturated rings. The number of thioether (sulfide) groups is 1. The Labute approximate surface area is 111 Å². The molecule has 2 aromatic rings. The number of hydrogen-bond acceptors (Lipinski definition) is 5. The van der Waals surface area contributed by atoms with Crippen LogP contribution in [0.3, 0.4) is 0 Å². The topological polar surface area (TPSA) is 96.1 Å². The maximum atomic E-state index is 8.49. The summed E-state index contributed by atoms with van der Waals surface area (Å²) in [4.78, 5) is 0. The Balaban J connectivity index is 0.000000280. The molecule has 5 nitrogen and oxygen atoms in total. The maximum Gasteiger partial charge on any atom is 0.213 e. The van der Waals surface area contributed by atoms with Gasteiger partial charge in [0.15, 0.2) is 12.1 Å². The van der Waals surface area contributed by atoms with Crippen molar-refractivity contribution in [1.29, 1.82) is 0 Å². The van der Waals surface area contributed by atoms with Crippen molar-refractivity contribution in [2.45, 2.75) is 5.88 Å². The summed E-state index contributed by atoms with van der Waals surface area (Å²) in [6, 6.07) is 12.7. The van der Waals surface area contributed by atoms with Crippen LogP contribution in [0, 0.1) is 10.2 Å². The van der Waals surface area contributed by atoms with Crippen LogP contribution in [0.5, 0.6) is 0 Å². The zero-order valence-electron chi connectivity index (χ0n) is 9.61. The molecule has 7 heteroatoms. The zero-order chi connectivity index (χ0) is 13.6. The van der Waals surface area contributed by atoms with E-state index in [-0.39, 0.29) is 0 Å². The second-order valence-corrected chi connectivity index (χ2v) is 4.92. The van der Waals surface area contributed by atoms with Gasteiger partial charge < -0.3 is 0 Å². The number of rotatable bonds is 2. The van der Waals surface area contributed by atoms with Gasteiger partial charge in [-0.3, -0.25) is 0 Å². The zero-order valence-corrected chi connectivity index (χ0v) is 11.2. The second-order valence-electron chi connectivity index (χ2n) is 3.33. The van der Waals surface area contributed by atoms with Gasteiger partial charge in [-0.15, -0.1) is 10.2 Å². The molecule has 0 spiro atoms. The van der Waals surface area contributed by atoms with E-state index in [1.54, 1.807) is 0 Å². The van der Waals surface area contributed by atoms with Crippen LogP contribution in [0.25, 0.3) is 10.9 Å². The van der Waals surface area contributed by atoms with Gasteiger partial charge >= 0.3 is 0 Å². The summed E-state index contributed by atoms with van der Waals surface area (Å²) < 4.78 is 36.2. The lowest BCUT2D eigenvalue weighted by Crippen LogP contribution is -2.68. The van der Waals surface area contributed by atoms with Gasteiger partial charge in [0.25, 0.3) is 0 Å². The van der Waals surface area contributed by atoms with E-state index in [9.17, 15) is 0 Å². The van der Waals surface area contributed by atoms with Crippen LogP contribution < -0.4 is 23.2 Å². The Hall–Kier alpha value is -0.890. The third-order valence-corrected chi connectivity index (χ3v) is 2.59. The van der Waals surface area contributed by atoms with E-state index in [1.807, 2.05) is 11.8 Å². The number of aromatic nitrogens is 1. The Kier molecular flexibility index (Phi) is 5.80. The first kappa shape index (κ1) is 15.2. The molecule has 0 aliphatic rings. The fraction of sp³-hybridized carbons (Fsp3) is 0.182. The molecule has 1 aromatic heterocycles. The number of hydrogen-bond donors (Lipinski definition) is 0. The van der Waals surface area contributed by atoms with Crippen molar-refractivity contribution < 1.29 is 33.4 Å². The molecule has 18 heavy (non-hydrogen) atoms. The number of fused-ring (bicyclic) bond motifs is 1. The summed E-state index contributed by atoms with van der Waals surface area (Å²) >= 11 is 1.83. The van der Waals surface area contributed by atoms with Crippen LogP contribution in [0.1, 0.15) is 0 Å². The molecule has 0 saturated heterocycles. The second kappa shape index (κ2) is 6.89. The Morgan fingerprint density at radius 1 is 1.06 bits per heavy atom. The van der Waals surface area contributed by atoms with Crippen LogP contribution in [0.2, 0.25) is 0 Å². The van der Waals surface area contributed by atoms with E-state index >= 15 is 0 Å². The largest absolute Gasteiger partial charge is 0.222 e. The standard InChI is InChI=1S/C11H12NS.ClHO4/c1-13-9-12-8-4-6-10-5-2-3-7-11(10)12;2-1(3,4)5/h2-8H,9H2,1H3;(H,2,3,4,5)/q+1;/p-1. The highest BCUT2D eigenvalue weighted by Crippen LogP contribution is 2.08. The molecular weight excluding hydrogens is 278 g/mol. The molecule has 98 valence electrons. The van der Waals surface area contributed by atoms with E-state index in [2.05, 4.69) is 53.4 Å². The van der Waals surface area contributed by atoms with E-state index in [0.29, 0.717) is 0 Å². The molecule has 0 saturated carbocycles. The fourth-order valence-electron chi connectivity index (χ4n) is 1.47. The van der Waals surface area contributed by atoms with Crippen LogP contribution in [-0.4, -0.2) is 6.26 Å². The molecular formula is C11H12ClNO4S. The highest BCUT2D eigenvalue weighted by atomic mass is 35.7. The molecule has 1 aromatic carbocycles. The average molecular weight is 290 g/mol. The van der Waals surface area contributed by atoms with Crippen molar-refractivity contribution in [3.05, 3.63) is 42.6 Å². The number of pyridine rings is 1. The van der Waals surface area contributed by atoms with Gasteiger partial charge in [-0.2, -0.15) is 4.57 Å². The van der Waals surface area contributed by atoms with E-state index in [1.165, 1.54) is 10.9 Å². The van der Waals surface area contributed by atoms with E-state index in [0.717, 1.165) is 5.88 Å². The van der Waals surface area contributed by atoms with Crippen molar-refractivity contribution in [3.8, 4) is 0 Å². The minimum absolute atomic E-state index is 1.02. The summed E-state index contributed by atoms with van der Waals surface area (Å²) in [6.45, 7) is 0. The molecule has 0 amide bonds. The SMILES string of the molecule is CSC[n+]1cccc2ccccc21.[O-][Cl+3]([O-])([O-])[O-]. The van der Waals surface area contributed by atoms with Crippen LogP contribution in [0.4, 0.5) is 0 Å². The van der Waals surface area contributed by atoms with Crippen molar-refractivity contribution >= 4 is 22.7 Å². The molecule has 1 heterocycles. The molecule has 0 radical (unpaired) electrons. The summed E-state index contributed by atoms with van der Waals surface area (Å²) in [5, 5.41) is 1.30. The normalized spacial score (nSPS) is 10.9. The highest BCUT2D eigenvalue weighted by molar-refractivity contribution is 7.97. The summed E-state index contributed by atoms with van der Waals surface area (Å²) in [6.07, 6.45) is 4.24. The lowest BCUT2D eigenvalue weighted by atomic mass is 10.2. The quantitative estimate of drug-likeness (QED) is 0.579. The van der Waals surface area contributed by atoms with E-state index < -0.39 is 10.2 Å². The van der Waals surface area contributed by atoms with Gasteiger partial charge in [0.2, 0.25) is 5.52 Å². The smallest absolute Gasteiger partial charge is 0.213 e. The number of benzene rings is 1. The van der Waals surface area contributed by atoms with Crippen LogP contribution in [0.15, 0.2) is 42.6 Å². The van der Waals surface area contributed by atoms with Gasteiger partial charge in [0.05, 0.1) is 0 Å². The molecule has 0 atom stereocenters. The van der Waals surface area contributed by atoms with Gasteiger partial charge in [0, 0.05) is 17.5 Å². The molecule has 0 bridgehead atoms. The number of para-hydroxylation sites is 1. The van der Waals surface area contributed by atoms with Gasteiger partial charge in [-0.1, -0.05) is 23.9 Å². The molecule has 0 aliphatic heterocycles. The predicted molar refractivity (Wildman–Crippen MR) is 57.7 cm³/mol. The first-order valence-electron chi connectivity index (χ1n) is 4.89. The molecule has 0 aliphatic carbocycles. The first-order chi connectivity index (χ1) is 8.42. The van der Waals surface area contributed by atoms with Crippen molar-refractivity contribution in [3.63, 3.8) is 0 Å². The predicted octanol–water partition coefficient (Wildman–Crippen LogP) is -2.31. The minimum Gasteiger partial charge on any atom is -0.222 e. The molecule has 0 unspecified atom stereocenters. The molecule has 0 N–H and O–H groups in total. The third kappa shape index (κ3) is 5.63. The third-order valence-electron chi connectivity index (χ3n) is 2.06. The Morgan fingerprint density at radius 3 is 2.22 bits per heavy atom. The Morgan fingerprint density at radius 2 is 1.61 bits per heavy atom. The van der Waals surface area contributed by atoms with Gasteiger partial charge in [-0.25, -0.2) is 18.6 Å². The fourth-order valence-corrected chi connectivity index (χ4v) is 1.98. The van der Waals surface area contributed by atoms with Crippen LogP contribution in [-0.2, 0) is 5.88 Å². The first-order valence-corrected chi connectivity index (χ1v) is 7.52. The maximum absolute atomic E-state index is 8.49. The van der Waals surface area contributed by atoms with Crippen molar-refractivity contribution in [2.75, 3.05) is 6.26 Å². The highest BCUT2D eigenvalue weighted by Gasteiger charge is 2.04. The summed E-state index contributed by atoms with van der Waals surface area (Å²) in [5.74, 6) is 1.02. The monoisotopic (exact) mass is 289 g/mol. The lowest BCUT2D eigenvalue weighted by Gasteiger charge is -2.17. The van der Waals surface area contributed by atoms with Gasteiger partial charge in [-0.05, 0) is 18.4 Å². The van der Waals surface area contributed by atoms with Crippen LogP contribution >= 0.6 is 11.8 Å². The van der Waals surface area contributed by atoms with E-state index in [4.69, 9.17) is 18.6 Å².